The maximum atomic E-state index is 9.40. The van der Waals surface area contributed by atoms with Gasteiger partial charge in [-0.15, -0.1) is 5.10 Å². The van der Waals surface area contributed by atoms with Crippen LogP contribution in [0.25, 0.3) is 0 Å². The van der Waals surface area contributed by atoms with Crippen molar-refractivity contribution in [1.82, 2.24) is 10.2 Å². The van der Waals surface area contributed by atoms with Crippen LogP contribution < -0.4 is 5.32 Å². The first-order chi connectivity index (χ1) is 7.15. The molecule has 0 aliphatic heterocycles. The lowest BCUT2D eigenvalue weighted by Crippen LogP contribution is -2.41. The monoisotopic (exact) mass is 209 g/mol. The Kier molecular flexibility index (Phi) is 4.03. The summed E-state index contributed by atoms with van der Waals surface area (Å²) in [5.41, 5.74) is 0.786. The number of rotatable bonds is 5. The fourth-order valence-corrected chi connectivity index (χ4v) is 1.49. The Morgan fingerprint density at radius 3 is 2.53 bits per heavy atom. The third kappa shape index (κ3) is 2.89. The molecule has 0 saturated heterocycles. The zero-order valence-electron chi connectivity index (χ0n) is 9.62. The summed E-state index contributed by atoms with van der Waals surface area (Å²) >= 11 is 0. The van der Waals surface area contributed by atoms with E-state index >= 15 is 0 Å². The van der Waals surface area contributed by atoms with Crippen LogP contribution in [-0.4, -0.2) is 27.4 Å². The average molecular weight is 209 g/mol. The average Bonchev–Trinajstić information content (AvgIpc) is 2.26. The number of anilines is 1. The van der Waals surface area contributed by atoms with Crippen LogP contribution in [0.5, 0.6) is 0 Å². The molecule has 0 fully saturated rings. The Labute approximate surface area is 90.7 Å². The van der Waals surface area contributed by atoms with Crippen LogP contribution >= 0.6 is 0 Å². The molecule has 0 unspecified atom stereocenters. The molecule has 0 aromatic carbocycles. The van der Waals surface area contributed by atoms with Gasteiger partial charge in [0.05, 0.1) is 18.3 Å². The molecule has 84 valence electrons. The molecule has 2 N–H and O–H groups in total. The van der Waals surface area contributed by atoms with Crippen molar-refractivity contribution in [2.75, 3.05) is 11.9 Å². The van der Waals surface area contributed by atoms with Crippen molar-refractivity contribution in [2.24, 2.45) is 0 Å². The molecule has 1 rings (SSSR count). The number of aliphatic hydroxyl groups is 1. The third-order valence-electron chi connectivity index (χ3n) is 2.84. The lowest BCUT2D eigenvalue weighted by atomic mass is 9.94. The van der Waals surface area contributed by atoms with E-state index in [0.29, 0.717) is 0 Å². The van der Waals surface area contributed by atoms with E-state index in [0.717, 1.165) is 24.2 Å². The van der Waals surface area contributed by atoms with Gasteiger partial charge >= 0.3 is 0 Å². The molecule has 0 radical (unpaired) electrons. The van der Waals surface area contributed by atoms with Gasteiger partial charge in [0.1, 0.15) is 5.82 Å². The summed E-state index contributed by atoms with van der Waals surface area (Å²) in [4.78, 5) is 0. The number of hydrogen-bond acceptors (Lipinski definition) is 4. The van der Waals surface area contributed by atoms with Crippen LogP contribution in [0, 0.1) is 6.92 Å². The normalized spacial score (nSPS) is 11.5. The van der Waals surface area contributed by atoms with Crippen LogP contribution in [0.4, 0.5) is 5.82 Å². The minimum Gasteiger partial charge on any atom is -0.394 e. The highest BCUT2D eigenvalue weighted by Gasteiger charge is 2.25. The van der Waals surface area contributed by atoms with E-state index in [1.807, 2.05) is 13.0 Å². The molecular formula is C11H19N3O. The molecule has 15 heavy (non-hydrogen) atoms. The number of hydrogen-bond donors (Lipinski definition) is 2. The molecule has 0 saturated carbocycles. The maximum Gasteiger partial charge on any atom is 0.149 e. The van der Waals surface area contributed by atoms with Gasteiger partial charge in [-0.1, -0.05) is 13.8 Å². The minimum atomic E-state index is -0.275. The quantitative estimate of drug-likeness (QED) is 0.775. The van der Waals surface area contributed by atoms with Crippen LogP contribution in [-0.2, 0) is 0 Å². The molecular weight excluding hydrogens is 190 g/mol. The summed E-state index contributed by atoms with van der Waals surface area (Å²) in [6, 6.07) is 1.93. The lowest BCUT2D eigenvalue weighted by molar-refractivity contribution is 0.202. The molecule has 4 heteroatoms. The summed E-state index contributed by atoms with van der Waals surface area (Å²) in [5, 5.41) is 20.5. The van der Waals surface area contributed by atoms with Crippen LogP contribution in [0.1, 0.15) is 32.3 Å². The molecule has 1 aromatic rings. The summed E-state index contributed by atoms with van der Waals surface area (Å²) in [7, 11) is 0. The second-order valence-electron chi connectivity index (χ2n) is 3.89. The predicted molar refractivity (Wildman–Crippen MR) is 60.8 cm³/mol. The van der Waals surface area contributed by atoms with E-state index in [4.69, 9.17) is 0 Å². The largest absolute Gasteiger partial charge is 0.394 e. The summed E-state index contributed by atoms with van der Waals surface area (Å²) in [6.07, 6.45) is 3.43. The second-order valence-corrected chi connectivity index (χ2v) is 3.89. The highest BCUT2D eigenvalue weighted by atomic mass is 16.3. The van der Waals surface area contributed by atoms with E-state index < -0.39 is 0 Å². The molecule has 0 aliphatic rings. The van der Waals surface area contributed by atoms with E-state index in [1.54, 1.807) is 6.20 Å². The van der Waals surface area contributed by atoms with Gasteiger partial charge in [-0.25, -0.2) is 0 Å². The van der Waals surface area contributed by atoms with Crippen molar-refractivity contribution in [3.8, 4) is 0 Å². The third-order valence-corrected chi connectivity index (χ3v) is 2.84. The Hall–Kier alpha value is -1.16. The van der Waals surface area contributed by atoms with Crippen molar-refractivity contribution in [2.45, 2.75) is 39.2 Å². The Bertz CT molecular complexity index is 302. The zero-order chi connectivity index (χ0) is 11.3. The molecule has 4 nitrogen and oxygen atoms in total. The fourth-order valence-electron chi connectivity index (χ4n) is 1.49. The standard InChI is InChI=1S/C11H19N3O/c1-4-11(5-2,8-15)13-10-6-9(3)7-12-14-10/h6-7,15H,4-5,8H2,1-3H3,(H,13,14). The van der Waals surface area contributed by atoms with E-state index in [1.165, 1.54) is 0 Å². The van der Waals surface area contributed by atoms with Crippen molar-refractivity contribution in [3.05, 3.63) is 17.8 Å². The van der Waals surface area contributed by atoms with Crippen LogP contribution in [0.3, 0.4) is 0 Å². The second kappa shape index (κ2) is 5.07. The van der Waals surface area contributed by atoms with Gasteiger partial charge in [-0.2, -0.15) is 5.10 Å². The molecule has 0 aliphatic carbocycles. The Morgan fingerprint density at radius 2 is 2.07 bits per heavy atom. The van der Waals surface area contributed by atoms with Crippen molar-refractivity contribution in [1.29, 1.82) is 0 Å². The van der Waals surface area contributed by atoms with Crippen LogP contribution in [0.2, 0.25) is 0 Å². The summed E-state index contributed by atoms with van der Waals surface area (Å²) in [5.74, 6) is 0.729. The topological polar surface area (TPSA) is 58.0 Å². The number of aromatic nitrogens is 2. The van der Waals surface area contributed by atoms with E-state index in [-0.39, 0.29) is 12.1 Å². The molecule has 1 heterocycles. The molecule has 0 amide bonds. The van der Waals surface area contributed by atoms with Crippen LogP contribution in [0.15, 0.2) is 12.3 Å². The fraction of sp³-hybridized carbons (Fsp3) is 0.636. The first kappa shape index (κ1) is 11.9. The first-order valence-corrected chi connectivity index (χ1v) is 5.34. The van der Waals surface area contributed by atoms with Gasteiger partial charge in [0.15, 0.2) is 0 Å². The van der Waals surface area contributed by atoms with E-state index in [2.05, 4.69) is 29.4 Å². The summed E-state index contributed by atoms with van der Waals surface area (Å²) < 4.78 is 0. The zero-order valence-corrected chi connectivity index (χ0v) is 9.62. The van der Waals surface area contributed by atoms with Crippen molar-refractivity contribution in [3.63, 3.8) is 0 Å². The van der Waals surface area contributed by atoms with Gasteiger partial charge < -0.3 is 10.4 Å². The SMILES string of the molecule is CCC(CC)(CO)Nc1cc(C)cnn1. The molecule has 0 spiro atoms. The first-order valence-electron chi connectivity index (χ1n) is 5.34. The smallest absolute Gasteiger partial charge is 0.149 e. The number of aryl methyl sites for hydroxylation is 1. The van der Waals surface area contributed by atoms with Gasteiger partial charge in [-0.05, 0) is 31.4 Å². The lowest BCUT2D eigenvalue weighted by Gasteiger charge is -2.31. The molecule has 0 bridgehead atoms. The number of nitrogens with one attached hydrogen (secondary N) is 1. The Morgan fingerprint density at radius 1 is 1.40 bits per heavy atom. The predicted octanol–water partition coefficient (Wildman–Crippen LogP) is 1.75. The number of aliphatic hydroxyl groups excluding tert-OH is 1. The van der Waals surface area contributed by atoms with Gasteiger partial charge in [0.2, 0.25) is 0 Å². The maximum absolute atomic E-state index is 9.40. The minimum absolute atomic E-state index is 0.107. The number of nitrogens with zero attached hydrogens (tertiary/aromatic N) is 2. The van der Waals surface area contributed by atoms with E-state index in [9.17, 15) is 5.11 Å². The van der Waals surface area contributed by atoms with Gasteiger partial charge in [0.25, 0.3) is 0 Å². The summed E-state index contributed by atoms with van der Waals surface area (Å²) in [6.45, 7) is 6.18. The Balaban J connectivity index is 2.82. The van der Waals surface area contributed by atoms with Crippen molar-refractivity contribution >= 4 is 5.82 Å². The molecule has 0 atom stereocenters. The highest BCUT2D eigenvalue weighted by molar-refractivity contribution is 5.38. The highest BCUT2D eigenvalue weighted by Crippen LogP contribution is 2.20. The van der Waals surface area contributed by atoms with Crippen molar-refractivity contribution < 1.29 is 5.11 Å². The van der Waals surface area contributed by atoms with Gasteiger partial charge in [0, 0.05) is 0 Å². The molecule has 1 aromatic heterocycles. The van der Waals surface area contributed by atoms with Gasteiger partial charge in [-0.3, -0.25) is 0 Å².